The van der Waals surface area contributed by atoms with E-state index in [-0.39, 0.29) is 0 Å². The van der Waals surface area contributed by atoms with Crippen molar-refractivity contribution in [1.29, 1.82) is 0 Å². The van der Waals surface area contributed by atoms with Crippen molar-refractivity contribution >= 4 is 53.9 Å². The van der Waals surface area contributed by atoms with Crippen LogP contribution in [-0.4, -0.2) is 42.7 Å². The predicted molar refractivity (Wildman–Crippen MR) is 161 cm³/mol. The van der Waals surface area contributed by atoms with E-state index in [0.29, 0.717) is 40.1 Å². The zero-order valence-electron chi connectivity index (χ0n) is 23.2. The van der Waals surface area contributed by atoms with Crippen LogP contribution in [-0.2, 0) is 0 Å². The smallest absolute Gasteiger partial charge is 0.143 e. The molecule has 0 spiro atoms. The second-order valence-electron chi connectivity index (χ2n) is 9.35. The molecular weight excluding hydrogens is 504 g/mol. The third-order valence-electron chi connectivity index (χ3n) is 7.68. The summed E-state index contributed by atoms with van der Waals surface area (Å²) in [6.07, 6.45) is 5.97. The minimum absolute atomic E-state index is 0.590. The lowest BCUT2D eigenvalue weighted by Crippen LogP contribution is -1.97. The van der Waals surface area contributed by atoms with E-state index >= 15 is 0 Å². The molecule has 6 aromatic carbocycles. The summed E-state index contributed by atoms with van der Waals surface area (Å²) in [4.78, 5) is 0. The molecule has 0 aliphatic carbocycles. The minimum atomic E-state index is 0.590. The molecule has 40 heavy (non-hydrogen) atoms. The lowest BCUT2D eigenvalue weighted by molar-refractivity contribution is 0.408. The molecule has 0 radical (unpaired) electrons. The van der Waals surface area contributed by atoms with Gasteiger partial charge in [0.2, 0.25) is 0 Å². The Kier molecular flexibility index (Phi) is 6.08. The quantitative estimate of drug-likeness (QED) is 0.164. The van der Waals surface area contributed by atoms with Crippen LogP contribution in [0.2, 0.25) is 0 Å². The predicted octanol–water partition coefficient (Wildman–Crippen LogP) is 7.49. The first-order valence-electron chi connectivity index (χ1n) is 12.7. The summed E-state index contributed by atoms with van der Waals surface area (Å²) in [5.74, 6) is 6.84. The molecule has 6 rings (SSSR count). The SMILES string of the molecule is C#Cc1cc(OC)c2cc(OC)c3ccc4ccc5c(OC)cc6c(OC)ccc(OC)c6c5c4c3c2c1OC. The number of rotatable bonds is 6. The van der Waals surface area contributed by atoms with Crippen LogP contribution in [0.1, 0.15) is 5.56 Å². The second kappa shape index (κ2) is 9.62. The van der Waals surface area contributed by atoms with Gasteiger partial charge in [0.05, 0.1) is 48.2 Å². The molecule has 0 aliphatic rings. The van der Waals surface area contributed by atoms with Crippen molar-refractivity contribution < 1.29 is 28.4 Å². The number of hydrogen-bond donors (Lipinski definition) is 0. The van der Waals surface area contributed by atoms with Gasteiger partial charge in [-0.3, -0.25) is 0 Å². The Morgan fingerprint density at radius 1 is 0.450 bits per heavy atom. The lowest BCUT2D eigenvalue weighted by atomic mass is 9.88. The van der Waals surface area contributed by atoms with E-state index in [0.717, 1.165) is 53.9 Å². The Morgan fingerprint density at radius 3 is 1.48 bits per heavy atom. The highest BCUT2D eigenvalue weighted by molar-refractivity contribution is 6.35. The van der Waals surface area contributed by atoms with Crippen LogP contribution in [0.25, 0.3) is 53.9 Å². The van der Waals surface area contributed by atoms with Crippen molar-refractivity contribution in [1.82, 2.24) is 0 Å². The Hall–Kier alpha value is -5.02. The maximum atomic E-state index is 6.00. The van der Waals surface area contributed by atoms with Gasteiger partial charge < -0.3 is 28.4 Å². The topological polar surface area (TPSA) is 55.4 Å². The van der Waals surface area contributed by atoms with Gasteiger partial charge in [0.15, 0.2) is 0 Å². The van der Waals surface area contributed by atoms with Crippen molar-refractivity contribution in [2.75, 3.05) is 42.7 Å². The van der Waals surface area contributed by atoms with E-state index in [1.807, 2.05) is 30.3 Å². The molecule has 0 aromatic heterocycles. The van der Waals surface area contributed by atoms with Crippen LogP contribution < -0.4 is 28.4 Å². The summed E-state index contributed by atoms with van der Waals surface area (Å²) in [7, 11) is 9.94. The van der Waals surface area contributed by atoms with Gasteiger partial charge in [-0.1, -0.05) is 18.1 Å². The van der Waals surface area contributed by atoms with Gasteiger partial charge in [-0.05, 0) is 47.2 Å². The molecule has 6 nitrogen and oxygen atoms in total. The maximum Gasteiger partial charge on any atom is 0.143 e. The fourth-order valence-electron chi connectivity index (χ4n) is 5.97. The molecular formula is C34H28O6. The number of ether oxygens (including phenoxy) is 6. The summed E-state index contributed by atoms with van der Waals surface area (Å²) in [5, 5.41) is 9.14. The molecule has 0 fully saturated rings. The van der Waals surface area contributed by atoms with E-state index in [1.165, 1.54) is 0 Å². The monoisotopic (exact) mass is 532 g/mol. The molecule has 0 unspecified atom stereocenters. The average Bonchev–Trinajstić information content (AvgIpc) is 3.01. The Balaban J connectivity index is 2.07. The number of hydrogen-bond acceptors (Lipinski definition) is 6. The van der Waals surface area contributed by atoms with Gasteiger partial charge in [0.25, 0.3) is 0 Å². The van der Waals surface area contributed by atoms with Gasteiger partial charge in [-0.15, -0.1) is 6.42 Å². The van der Waals surface area contributed by atoms with E-state index in [9.17, 15) is 0 Å². The van der Waals surface area contributed by atoms with E-state index < -0.39 is 0 Å². The molecule has 6 aromatic rings. The molecule has 0 amide bonds. The highest BCUT2D eigenvalue weighted by Crippen LogP contribution is 2.51. The van der Waals surface area contributed by atoms with Crippen LogP contribution in [0.3, 0.4) is 0 Å². The summed E-state index contributed by atoms with van der Waals surface area (Å²) in [6, 6.07) is 18.0. The third-order valence-corrected chi connectivity index (χ3v) is 7.68. The van der Waals surface area contributed by atoms with Gasteiger partial charge in [0.1, 0.15) is 34.5 Å². The van der Waals surface area contributed by atoms with Crippen molar-refractivity contribution in [3.8, 4) is 46.8 Å². The highest BCUT2D eigenvalue weighted by atomic mass is 16.5. The fourth-order valence-corrected chi connectivity index (χ4v) is 5.97. The van der Waals surface area contributed by atoms with Crippen LogP contribution in [0.4, 0.5) is 0 Å². The first kappa shape index (κ1) is 25.3. The molecule has 6 heteroatoms. The Labute approximate surface area is 231 Å². The second-order valence-corrected chi connectivity index (χ2v) is 9.35. The number of fused-ring (bicyclic) bond motifs is 9. The van der Waals surface area contributed by atoms with E-state index in [4.69, 9.17) is 34.8 Å². The van der Waals surface area contributed by atoms with E-state index in [1.54, 1.807) is 42.7 Å². The molecule has 0 N–H and O–H groups in total. The first-order chi connectivity index (χ1) is 19.5. The van der Waals surface area contributed by atoms with Gasteiger partial charge >= 0.3 is 0 Å². The Bertz CT molecular complexity index is 2030. The van der Waals surface area contributed by atoms with E-state index in [2.05, 4.69) is 30.2 Å². The first-order valence-corrected chi connectivity index (χ1v) is 12.7. The Morgan fingerprint density at radius 2 is 0.950 bits per heavy atom. The van der Waals surface area contributed by atoms with Crippen molar-refractivity contribution in [2.24, 2.45) is 0 Å². The molecule has 0 bridgehead atoms. The zero-order chi connectivity index (χ0) is 28.1. The lowest BCUT2D eigenvalue weighted by Gasteiger charge is -2.20. The molecule has 0 saturated heterocycles. The highest BCUT2D eigenvalue weighted by Gasteiger charge is 2.23. The fraction of sp³-hybridized carbons (Fsp3) is 0.176. The van der Waals surface area contributed by atoms with Crippen LogP contribution in [0.15, 0.2) is 54.6 Å². The summed E-state index contributed by atoms with van der Waals surface area (Å²) in [5.41, 5.74) is 0.595. The number of terminal acetylenes is 1. The molecule has 0 saturated carbocycles. The van der Waals surface area contributed by atoms with Gasteiger partial charge in [-0.2, -0.15) is 0 Å². The van der Waals surface area contributed by atoms with Crippen molar-refractivity contribution in [3.63, 3.8) is 0 Å². The molecule has 0 heterocycles. The van der Waals surface area contributed by atoms with Crippen LogP contribution in [0.5, 0.6) is 34.5 Å². The van der Waals surface area contributed by atoms with Crippen molar-refractivity contribution in [3.05, 3.63) is 60.2 Å². The van der Waals surface area contributed by atoms with Crippen LogP contribution in [0, 0.1) is 12.3 Å². The average molecular weight is 533 g/mol. The summed E-state index contributed by atoms with van der Waals surface area (Å²) in [6.45, 7) is 0. The maximum absolute atomic E-state index is 6.00. The number of methoxy groups -OCH3 is 6. The van der Waals surface area contributed by atoms with Crippen LogP contribution >= 0.6 is 0 Å². The number of benzene rings is 6. The molecule has 0 aliphatic heterocycles. The molecule has 200 valence electrons. The zero-order valence-corrected chi connectivity index (χ0v) is 23.2. The normalized spacial score (nSPS) is 11.2. The summed E-state index contributed by atoms with van der Waals surface area (Å²) >= 11 is 0. The largest absolute Gasteiger partial charge is 0.496 e. The third kappa shape index (κ3) is 3.37. The van der Waals surface area contributed by atoms with Gasteiger partial charge in [-0.25, -0.2) is 0 Å². The minimum Gasteiger partial charge on any atom is -0.496 e. The standard InChI is InChI=1S/C34H28O6/c1-8-18-15-26(37-4)23-17-28(39-6)21-12-10-19-9-11-20-27(38-5)16-22-24(35-2)13-14-25(36-3)30(22)31(20)29(19)32(21)33(23)34(18)40-7/h1,9-17H,2-7H3. The van der Waals surface area contributed by atoms with Crippen molar-refractivity contribution in [2.45, 2.75) is 0 Å². The van der Waals surface area contributed by atoms with Gasteiger partial charge in [0, 0.05) is 49.2 Å². The molecule has 0 atom stereocenters. The summed E-state index contributed by atoms with van der Waals surface area (Å²) < 4.78 is 35.4.